The molecule has 5 nitrogen and oxygen atoms in total. The number of hydrogen-bond acceptors (Lipinski definition) is 4. The Labute approximate surface area is 139 Å². The van der Waals surface area contributed by atoms with Gasteiger partial charge in [0.15, 0.2) is 6.61 Å². The van der Waals surface area contributed by atoms with Crippen LogP contribution in [0.15, 0.2) is 27.2 Å². The zero-order chi connectivity index (χ0) is 16.0. The first-order valence-corrected chi connectivity index (χ1v) is 7.60. The summed E-state index contributed by atoms with van der Waals surface area (Å²) in [6.07, 6.45) is 2.29. The summed E-state index contributed by atoms with van der Waals surface area (Å²) >= 11 is 6.64. The third kappa shape index (κ3) is 6.31. The van der Waals surface area contributed by atoms with Crippen LogP contribution >= 0.6 is 31.9 Å². The molecule has 0 radical (unpaired) electrons. The van der Waals surface area contributed by atoms with E-state index in [-0.39, 0.29) is 12.7 Å². The fraction of sp³-hybridized carbons (Fsp3) is 0.286. The Hall–Kier alpha value is -1.34. The Morgan fingerprint density at radius 3 is 2.33 bits per heavy atom. The van der Waals surface area contributed by atoms with Crippen LogP contribution in [0.4, 0.5) is 0 Å². The van der Waals surface area contributed by atoms with E-state index in [1.54, 1.807) is 26.0 Å². The van der Waals surface area contributed by atoms with E-state index in [0.29, 0.717) is 20.3 Å². The molecule has 0 aliphatic rings. The van der Waals surface area contributed by atoms with Gasteiger partial charge in [0.05, 0.1) is 15.0 Å². The van der Waals surface area contributed by atoms with Crippen molar-refractivity contribution in [3.8, 4) is 5.75 Å². The fourth-order valence-electron chi connectivity index (χ4n) is 1.41. The summed E-state index contributed by atoms with van der Waals surface area (Å²) in [6, 6.07) is 3.38. The van der Waals surface area contributed by atoms with Gasteiger partial charge in [-0.3, -0.25) is 0 Å². The van der Waals surface area contributed by atoms with Gasteiger partial charge in [-0.2, -0.15) is 0 Å². The van der Waals surface area contributed by atoms with E-state index in [2.05, 4.69) is 31.9 Å². The van der Waals surface area contributed by atoms with Gasteiger partial charge < -0.3 is 14.6 Å². The van der Waals surface area contributed by atoms with E-state index in [1.807, 2.05) is 0 Å². The summed E-state index contributed by atoms with van der Waals surface area (Å²) in [6.45, 7) is 3.31. The monoisotopic (exact) mass is 420 g/mol. The van der Waals surface area contributed by atoms with E-state index in [1.165, 1.54) is 6.08 Å². The highest BCUT2D eigenvalue weighted by molar-refractivity contribution is 9.11. The van der Waals surface area contributed by atoms with Crippen LogP contribution in [0.25, 0.3) is 6.08 Å². The van der Waals surface area contributed by atoms with Crippen molar-refractivity contribution in [1.82, 2.24) is 0 Å². The van der Waals surface area contributed by atoms with Gasteiger partial charge in [0.1, 0.15) is 5.75 Å². The maximum absolute atomic E-state index is 11.4. The highest BCUT2D eigenvalue weighted by Gasteiger charge is 2.12. The zero-order valence-corrected chi connectivity index (χ0v) is 14.6. The van der Waals surface area contributed by atoms with E-state index in [9.17, 15) is 9.59 Å². The van der Waals surface area contributed by atoms with Crippen LogP contribution in [0, 0.1) is 0 Å². The van der Waals surface area contributed by atoms with Gasteiger partial charge in [-0.1, -0.05) is 0 Å². The second-order valence-electron chi connectivity index (χ2n) is 4.31. The van der Waals surface area contributed by atoms with E-state index < -0.39 is 11.9 Å². The molecule has 0 aromatic heterocycles. The first-order valence-electron chi connectivity index (χ1n) is 6.02. The quantitative estimate of drug-likeness (QED) is 0.560. The molecule has 114 valence electrons. The summed E-state index contributed by atoms with van der Waals surface area (Å²) in [5.41, 5.74) is 0.674. The Bertz CT molecular complexity index is 543. The number of ether oxygens (including phenoxy) is 2. The van der Waals surface area contributed by atoms with Crippen LogP contribution in [-0.2, 0) is 14.3 Å². The lowest BCUT2D eigenvalue weighted by atomic mass is 10.2. The average Bonchev–Trinajstić information content (AvgIpc) is 2.34. The van der Waals surface area contributed by atoms with Crippen molar-refractivity contribution < 1.29 is 24.2 Å². The lowest BCUT2D eigenvalue weighted by Gasteiger charge is -2.12. The molecule has 1 rings (SSSR count). The molecule has 1 aromatic carbocycles. The van der Waals surface area contributed by atoms with Crippen molar-refractivity contribution in [1.29, 1.82) is 0 Å². The second kappa shape index (κ2) is 8.19. The molecule has 0 heterocycles. The topological polar surface area (TPSA) is 72.8 Å². The molecule has 0 saturated carbocycles. The molecule has 0 fully saturated rings. The van der Waals surface area contributed by atoms with Gasteiger partial charge in [-0.05, 0) is 69.5 Å². The van der Waals surface area contributed by atoms with Crippen LogP contribution in [0.2, 0.25) is 0 Å². The first-order chi connectivity index (χ1) is 9.79. The number of carboxylic acids is 1. The lowest BCUT2D eigenvalue weighted by Crippen LogP contribution is -2.19. The van der Waals surface area contributed by atoms with Crippen LogP contribution in [-0.4, -0.2) is 29.8 Å². The zero-order valence-electron chi connectivity index (χ0n) is 11.4. The summed E-state index contributed by atoms with van der Waals surface area (Å²) in [5.74, 6) is -1.04. The number of carbonyl (C=O) groups is 2. The molecular formula is C14H14Br2O5. The maximum Gasteiger partial charge on any atom is 0.344 e. The van der Waals surface area contributed by atoms with Crippen molar-refractivity contribution in [3.63, 3.8) is 0 Å². The number of esters is 1. The number of aliphatic carboxylic acids is 1. The molecule has 0 bridgehead atoms. The largest absolute Gasteiger partial charge is 0.480 e. The summed E-state index contributed by atoms with van der Waals surface area (Å²) in [7, 11) is 0. The summed E-state index contributed by atoms with van der Waals surface area (Å²) in [5, 5.41) is 8.60. The molecule has 1 aromatic rings. The normalized spacial score (nSPS) is 10.9. The van der Waals surface area contributed by atoms with Crippen molar-refractivity contribution in [2.75, 3.05) is 6.61 Å². The molecule has 0 saturated heterocycles. The van der Waals surface area contributed by atoms with Gasteiger partial charge in [0.2, 0.25) is 0 Å². The number of carbonyl (C=O) groups excluding carboxylic acids is 1. The molecule has 0 unspecified atom stereocenters. The molecule has 0 amide bonds. The van der Waals surface area contributed by atoms with Gasteiger partial charge >= 0.3 is 11.9 Å². The molecular weight excluding hydrogens is 408 g/mol. The van der Waals surface area contributed by atoms with Gasteiger partial charge in [-0.25, -0.2) is 9.59 Å². The van der Waals surface area contributed by atoms with E-state index in [4.69, 9.17) is 14.6 Å². The van der Waals surface area contributed by atoms with E-state index in [0.717, 1.165) is 6.08 Å². The minimum Gasteiger partial charge on any atom is -0.480 e. The maximum atomic E-state index is 11.4. The number of hydrogen-bond donors (Lipinski definition) is 1. The Kier molecular flexibility index (Phi) is 6.91. The van der Waals surface area contributed by atoms with Gasteiger partial charge in [0, 0.05) is 6.08 Å². The lowest BCUT2D eigenvalue weighted by molar-refractivity contribution is -0.149. The predicted molar refractivity (Wildman–Crippen MR) is 85.2 cm³/mol. The molecule has 0 spiro atoms. The molecule has 21 heavy (non-hydrogen) atoms. The summed E-state index contributed by atoms with van der Waals surface area (Å²) in [4.78, 5) is 21.9. The third-order valence-corrected chi connectivity index (χ3v) is 3.32. The number of halogens is 2. The first kappa shape index (κ1) is 17.7. The van der Waals surface area contributed by atoms with Crippen molar-refractivity contribution in [3.05, 3.63) is 32.7 Å². The molecule has 7 heteroatoms. The standard InChI is InChI=1S/C14H14Br2O5/c1-8(2)21-13(19)7-20-14-10(15)5-9(6-11(14)16)3-4-12(17)18/h3-6,8H,7H2,1-2H3,(H,17,18)/b4-3+. The van der Waals surface area contributed by atoms with Gasteiger partial charge in [-0.15, -0.1) is 0 Å². The number of benzene rings is 1. The smallest absolute Gasteiger partial charge is 0.344 e. The Morgan fingerprint density at radius 2 is 1.86 bits per heavy atom. The highest BCUT2D eigenvalue weighted by atomic mass is 79.9. The third-order valence-electron chi connectivity index (χ3n) is 2.14. The summed E-state index contributed by atoms with van der Waals surface area (Å²) < 4.78 is 11.6. The Morgan fingerprint density at radius 1 is 1.29 bits per heavy atom. The minimum atomic E-state index is -1.03. The Balaban J connectivity index is 2.80. The molecule has 0 aliphatic carbocycles. The SMILES string of the molecule is CC(C)OC(=O)COc1c(Br)cc(/C=C/C(=O)O)cc1Br. The van der Waals surface area contributed by atoms with Crippen molar-refractivity contribution in [2.45, 2.75) is 20.0 Å². The molecule has 0 aliphatic heterocycles. The average molecular weight is 422 g/mol. The van der Waals surface area contributed by atoms with Crippen molar-refractivity contribution >= 4 is 49.9 Å². The highest BCUT2D eigenvalue weighted by Crippen LogP contribution is 2.35. The minimum absolute atomic E-state index is 0.198. The van der Waals surface area contributed by atoms with Crippen LogP contribution in [0.1, 0.15) is 19.4 Å². The second-order valence-corrected chi connectivity index (χ2v) is 6.02. The predicted octanol–water partition coefficient (Wildman–Crippen LogP) is 3.64. The number of rotatable bonds is 6. The van der Waals surface area contributed by atoms with Gasteiger partial charge in [0.25, 0.3) is 0 Å². The number of carboxylic acid groups (broad SMARTS) is 1. The van der Waals surface area contributed by atoms with E-state index >= 15 is 0 Å². The van der Waals surface area contributed by atoms with Crippen LogP contribution < -0.4 is 4.74 Å². The van der Waals surface area contributed by atoms with Crippen molar-refractivity contribution in [2.24, 2.45) is 0 Å². The van der Waals surface area contributed by atoms with Crippen LogP contribution in [0.3, 0.4) is 0 Å². The fourth-order valence-corrected chi connectivity index (χ4v) is 2.86. The van der Waals surface area contributed by atoms with Crippen LogP contribution in [0.5, 0.6) is 5.75 Å². The molecule has 1 N–H and O–H groups in total. The molecule has 0 atom stereocenters.